The number of primary amides is 1. The molecule has 1 fully saturated rings. The highest BCUT2D eigenvalue weighted by Gasteiger charge is 2.21. The van der Waals surface area contributed by atoms with Crippen LogP contribution in [0.4, 0.5) is 0 Å². The molecule has 0 saturated heterocycles. The van der Waals surface area contributed by atoms with Crippen LogP contribution >= 0.6 is 0 Å². The van der Waals surface area contributed by atoms with Crippen LogP contribution in [-0.4, -0.2) is 24.0 Å². The number of amides is 1. The molecule has 72 valence electrons. The van der Waals surface area contributed by atoms with Gasteiger partial charge in [-0.25, -0.2) is 0 Å². The molecule has 5 N–H and O–H groups in total. The molecule has 0 aromatic heterocycles. The summed E-state index contributed by atoms with van der Waals surface area (Å²) < 4.78 is 0. The van der Waals surface area contributed by atoms with Gasteiger partial charge in [0.2, 0.25) is 5.91 Å². The van der Waals surface area contributed by atoms with Gasteiger partial charge >= 0.3 is 0 Å². The lowest BCUT2D eigenvalue weighted by molar-refractivity contribution is -0.118. The molecule has 1 amide bonds. The van der Waals surface area contributed by atoms with E-state index in [0.29, 0.717) is 0 Å². The van der Waals surface area contributed by atoms with E-state index in [1.54, 1.807) is 0 Å². The largest absolute Gasteiger partial charge is 0.386 e. The molecule has 0 bridgehead atoms. The number of hydrogen-bond donors (Lipinski definition) is 3. The predicted molar refractivity (Wildman–Crippen MR) is 50.7 cm³/mol. The van der Waals surface area contributed by atoms with E-state index in [9.17, 15) is 4.79 Å². The summed E-state index contributed by atoms with van der Waals surface area (Å²) in [7, 11) is 0. The van der Waals surface area contributed by atoms with Crippen molar-refractivity contribution < 1.29 is 4.79 Å². The van der Waals surface area contributed by atoms with E-state index in [-0.39, 0.29) is 11.9 Å². The normalized spacial score (nSPS) is 20.5. The Bertz CT molecular complexity index is 245. The molecule has 0 heterocycles. The van der Waals surface area contributed by atoms with Crippen LogP contribution in [0.1, 0.15) is 19.3 Å². The zero-order chi connectivity index (χ0) is 9.84. The summed E-state index contributed by atoms with van der Waals surface area (Å²) in [5, 5.41) is 6.95. The molecule has 5 heteroatoms. The van der Waals surface area contributed by atoms with Gasteiger partial charge in [-0.05, 0) is 19.3 Å². The molecule has 0 aromatic carbocycles. The number of nitrogens with zero attached hydrogens (tertiary/aromatic N) is 1. The molecule has 0 aliphatic heterocycles. The summed E-state index contributed by atoms with van der Waals surface area (Å²) in [4.78, 5) is 14.9. The fourth-order valence-corrected chi connectivity index (χ4v) is 1.12. The first-order valence-corrected chi connectivity index (χ1v) is 4.28. The third-order valence-corrected chi connectivity index (χ3v) is 2.20. The Kier molecular flexibility index (Phi) is 3.00. The van der Waals surface area contributed by atoms with Gasteiger partial charge in [0, 0.05) is 6.21 Å². The Morgan fingerprint density at radius 3 is 2.46 bits per heavy atom. The molecule has 0 aromatic rings. The summed E-state index contributed by atoms with van der Waals surface area (Å²) in [5.74, 6) is -1.27. The molecular formula is C8H14N4O. The topological polar surface area (TPSA) is 105 Å². The molecule has 1 aliphatic rings. The van der Waals surface area contributed by atoms with Crippen molar-refractivity contribution >= 4 is 18.0 Å². The van der Waals surface area contributed by atoms with Crippen LogP contribution in [0.3, 0.4) is 0 Å². The molecule has 0 radical (unpaired) electrons. The minimum absolute atomic E-state index is 0.173. The number of nitrogens with two attached hydrogens (primary N) is 2. The number of rotatable bonds is 4. The van der Waals surface area contributed by atoms with Gasteiger partial charge in [0.15, 0.2) is 0 Å². The van der Waals surface area contributed by atoms with Crippen LogP contribution in [0.15, 0.2) is 4.99 Å². The van der Waals surface area contributed by atoms with Gasteiger partial charge in [-0.2, -0.15) is 0 Å². The Labute approximate surface area is 76.7 Å². The maximum absolute atomic E-state index is 10.8. The van der Waals surface area contributed by atoms with Crippen molar-refractivity contribution in [2.24, 2.45) is 22.4 Å². The molecule has 1 atom stereocenters. The van der Waals surface area contributed by atoms with E-state index in [1.165, 1.54) is 0 Å². The highest BCUT2D eigenvalue weighted by molar-refractivity contribution is 6.13. The van der Waals surface area contributed by atoms with Crippen molar-refractivity contribution in [1.29, 1.82) is 5.41 Å². The predicted octanol–water partition coefficient (Wildman–Crippen LogP) is -0.353. The second kappa shape index (κ2) is 4.02. The lowest BCUT2D eigenvalue weighted by Gasteiger charge is -2.22. The molecule has 1 unspecified atom stereocenters. The van der Waals surface area contributed by atoms with Crippen molar-refractivity contribution in [3.63, 3.8) is 0 Å². The Morgan fingerprint density at radius 1 is 1.54 bits per heavy atom. The molecule has 1 aliphatic carbocycles. The SMILES string of the molecule is N=CC(C(N)=O)C(N)=NC1CCC1. The number of carbonyl (C=O) groups excluding carboxylic acids is 1. The second-order valence-electron chi connectivity index (χ2n) is 3.19. The molecular weight excluding hydrogens is 168 g/mol. The maximum Gasteiger partial charge on any atom is 0.233 e. The van der Waals surface area contributed by atoms with Crippen LogP contribution in [0, 0.1) is 11.3 Å². The van der Waals surface area contributed by atoms with Crippen LogP contribution in [-0.2, 0) is 4.79 Å². The maximum atomic E-state index is 10.8. The summed E-state index contributed by atoms with van der Waals surface area (Å²) >= 11 is 0. The lowest BCUT2D eigenvalue weighted by Crippen LogP contribution is -2.37. The monoisotopic (exact) mass is 182 g/mol. The number of aliphatic imine (C=N–C) groups is 1. The highest BCUT2D eigenvalue weighted by Crippen LogP contribution is 2.22. The number of amidine groups is 1. The minimum Gasteiger partial charge on any atom is -0.386 e. The molecule has 13 heavy (non-hydrogen) atoms. The van der Waals surface area contributed by atoms with Gasteiger partial charge in [-0.15, -0.1) is 0 Å². The number of nitrogens with one attached hydrogen (secondary N) is 1. The van der Waals surface area contributed by atoms with Crippen LogP contribution in [0.5, 0.6) is 0 Å². The Balaban J connectivity index is 2.61. The van der Waals surface area contributed by atoms with E-state index in [0.717, 1.165) is 25.5 Å². The first-order chi connectivity index (χ1) is 6.15. The van der Waals surface area contributed by atoms with Crippen molar-refractivity contribution in [3.8, 4) is 0 Å². The van der Waals surface area contributed by atoms with E-state index in [4.69, 9.17) is 16.9 Å². The van der Waals surface area contributed by atoms with Crippen molar-refractivity contribution in [2.45, 2.75) is 25.3 Å². The minimum atomic E-state index is -0.833. The van der Waals surface area contributed by atoms with Gasteiger partial charge in [0.25, 0.3) is 0 Å². The molecule has 1 saturated carbocycles. The van der Waals surface area contributed by atoms with Crippen LogP contribution in [0.25, 0.3) is 0 Å². The molecule has 0 spiro atoms. The molecule has 1 rings (SSSR count). The average molecular weight is 182 g/mol. The summed E-state index contributed by atoms with van der Waals surface area (Å²) in [5.41, 5.74) is 10.6. The standard InChI is InChI=1S/C8H14N4O/c9-4-6(8(11)13)7(10)12-5-2-1-3-5/h4-6,9H,1-3H2,(H2,10,12)(H2,11,13). The van der Waals surface area contributed by atoms with Crippen molar-refractivity contribution in [1.82, 2.24) is 0 Å². The summed E-state index contributed by atoms with van der Waals surface area (Å²) in [6, 6.07) is 0.238. The van der Waals surface area contributed by atoms with Gasteiger partial charge < -0.3 is 16.9 Å². The van der Waals surface area contributed by atoms with Gasteiger partial charge in [0.1, 0.15) is 11.8 Å². The third-order valence-electron chi connectivity index (χ3n) is 2.20. The van der Waals surface area contributed by atoms with E-state index >= 15 is 0 Å². The molecule has 5 nitrogen and oxygen atoms in total. The number of hydrogen-bond acceptors (Lipinski definition) is 3. The van der Waals surface area contributed by atoms with Gasteiger partial charge in [-0.3, -0.25) is 9.79 Å². The fraction of sp³-hybridized carbons (Fsp3) is 0.625. The number of carbonyl (C=O) groups is 1. The zero-order valence-corrected chi connectivity index (χ0v) is 7.36. The second-order valence-corrected chi connectivity index (χ2v) is 3.19. The van der Waals surface area contributed by atoms with Gasteiger partial charge in [-0.1, -0.05) is 0 Å². The summed E-state index contributed by atoms with van der Waals surface area (Å²) in [6.07, 6.45) is 4.13. The zero-order valence-electron chi connectivity index (χ0n) is 7.36. The van der Waals surface area contributed by atoms with Crippen LogP contribution in [0.2, 0.25) is 0 Å². The summed E-state index contributed by atoms with van der Waals surface area (Å²) in [6.45, 7) is 0. The van der Waals surface area contributed by atoms with Crippen LogP contribution < -0.4 is 11.5 Å². The van der Waals surface area contributed by atoms with E-state index in [2.05, 4.69) is 4.99 Å². The smallest absolute Gasteiger partial charge is 0.233 e. The first-order valence-electron chi connectivity index (χ1n) is 4.28. The quantitative estimate of drug-likeness (QED) is 0.408. The van der Waals surface area contributed by atoms with E-state index in [1.807, 2.05) is 0 Å². The Hall–Kier alpha value is -1.39. The first kappa shape index (κ1) is 9.70. The van der Waals surface area contributed by atoms with Gasteiger partial charge in [0.05, 0.1) is 6.04 Å². The fourth-order valence-electron chi connectivity index (χ4n) is 1.12. The van der Waals surface area contributed by atoms with Crippen molar-refractivity contribution in [2.75, 3.05) is 0 Å². The third kappa shape index (κ3) is 2.27. The Morgan fingerprint density at radius 2 is 2.15 bits per heavy atom. The van der Waals surface area contributed by atoms with E-state index < -0.39 is 11.8 Å². The highest BCUT2D eigenvalue weighted by atomic mass is 16.1. The average Bonchev–Trinajstić information content (AvgIpc) is 1.97. The van der Waals surface area contributed by atoms with Crippen molar-refractivity contribution in [3.05, 3.63) is 0 Å². The lowest BCUT2D eigenvalue weighted by atomic mass is 9.93.